The maximum absolute atomic E-state index is 13.9. The predicted octanol–water partition coefficient (Wildman–Crippen LogP) is 6.58. The molecule has 0 spiro atoms. The molecule has 3 N–H and O–H groups in total. The van der Waals surface area contributed by atoms with Gasteiger partial charge < -0.3 is 20.9 Å². The molecular formula is C39H49N5O4. The van der Waals surface area contributed by atoms with E-state index in [2.05, 4.69) is 81.5 Å². The second-order valence-corrected chi connectivity index (χ2v) is 12.2. The number of amides is 2. The summed E-state index contributed by atoms with van der Waals surface area (Å²) in [7, 11) is 1.57. The number of likely N-dealkylation sites (tertiary alicyclic amines) is 1. The van der Waals surface area contributed by atoms with Crippen molar-refractivity contribution in [2.45, 2.75) is 64.7 Å². The van der Waals surface area contributed by atoms with Gasteiger partial charge >= 0.3 is 0 Å². The third-order valence-electron chi connectivity index (χ3n) is 9.69. The number of dihydropyridines is 1. The van der Waals surface area contributed by atoms with Gasteiger partial charge in [0.1, 0.15) is 0 Å². The van der Waals surface area contributed by atoms with Gasteiger partial charge in [-0.15, -0.1) is 0 Å². The molecule has 48 heavy (non-hydrogen) atoms. The molecule has 2 amide bonds. The number of rotatable bonds is 12. The Labute approximate surface area is 284 Å². The Hall–Kier alpha value is -4.76. The molecule has 3 aromatic rings. The molecule has 0 aromatic heterocycles. The third kappa shape index (κ3) is 7.52. The highest BCUT2D eigenvalue weighted by Crippen LogP contribution is 2.42. The predicted molar refractivity (Wildman–Crippen MR) is 191 cm³/mol. The van der Waals surface area contributed by atoms with Gasteiger partial charge in [0.15, 0.2) is 0 Å². The van der Waals surface area contributed by atoms with Gasteiger partial charge in [-0.05, 0) is 68.4 Å². The summed E-state index contributed by atoms with van der Waals surface area (Å²) in [6, 6.07) is 27.8. The smallest absolute Gasteiger partial charge is 0.269 e. The van der Waals surface area contributed by atoms with Crippen molar-refractivity contribution >= 4 is 17.5 Å². The van der Waals surface area contributed by atoms with E-state index in [9.17, 15) is 19.7 Å². The van der Waals surface area contributed by atoms with E-state index in [0.717, 1.165) is 50.3 Å². The summed E-state index contributed by atoms with van der Waals surface area (Å²) in [6.45, 7) is 7.23. The number of carbonyl (C=O) groups excluding carboxylic acids is 2. The highest BCUT2D eigenvalue weighted by molar-refractivity contribution is 6.03. The summed E-state index contributed by atoms with van der Waals surface area (Å²) in [4.78, 5) is 40.6. The van der Waals surface area contributed by atoms with Gasteiger partial charge in [0, 0.05) is 59.6 Å². The van der Waals surface area contributed by atoms with Crippen molar-refractivity contribution in [2.75, 3.05) is 33.2 Å². The topological polar surface area (TPSA) is 117 Å². The lowest BCUT2D eigenvalue weighted by Crippen LogP contribution is -2.44. The SMILES string of the molecule is C.CCC1=C(C(=O)NC)C(c2ccc([N+](=O)[O-])cc2)C(C(=O)NCCCN2CCC(c3ccccc3)(c3ccccc3)CC2)=C(CC)N1. The highest BCUT2D eigenvalue weighted by atomic mass is 16.6. The number of benzene rings is 3. The van der Waals surface area contributed by atoms with Gasteiger partial charge in [-0.25, -0.2) is 0 Å². The Bertz CT molecular complexity index is 1580. The number of piperidine rings is 1. The molecule has 1 unspecified atom stereocenters. The van der Waals surface area contributed by atoms with Crippen LogP contribution in [-0.2, 0) is 15.0 Å². The zero-order valence-corrected chi connectivity index (χ0v) is 27.6. The molecule has 9 nitrogen and oxygen atoms in total. The molecular weight excluding hydrogens is 602 g/mol. The quantitative estimate of drug-likeness (QED) is 0.116. The Balaban J connectivity index is 0.00000520. The molecule has 0 radical (unpaired) electrons. The van der Waals surface area contributed by atoms with Crippen molar-refractivity contribution < 1.29 is 14.5 Å². The van der Waals surface area contributed by atoms with Crippen LogP contribution in [0.2, 0.25) is 0 Å². The number of allylic oxidation sites excluding steroid dienone is 2. The second-order valence-electron chi connectivity index (χ2n) is 12.2. The minimum atomic E-state index is -0.659. The standard InChI is InChI=1S/C38H45N5O4.CH4/c1-4-31-34(36(44)39-3)33(27-17-19-30(20-18-27)43(46)47)35(32(5-2)41-31)37(45)40-23-12-24-42-25-21-38(22-26-42,28-13-8-6-9-14-28)29-15-10-7-11-16-29;/h6-11,13-20,33,41H,4-5,12,21-26H2,1-3H3,(H,39,44)(H,40,45);1H4. The number of nitrogens with zero attached hydrogens (tertiary/aromatic N) is 2. The fraction of sp³-hybridized carbons (Fsp3) is 0.385. The molecule has 3 aromatic carbocycles. The Morgan fingerprint density at radius 2 is 1.38 bits per heavy atom. The fourth-order valence-electron chi connectivity index (χ4n) is 7.18. The number of nitro benzene ring substituents is 1. The van der Waals surface area contributed by atoms with E-state index in [1.165, 1.54) is 23.3 Å². The molecule has 1 atom stereocenters. The lowest BCUT2D eigenvalue weighted by Gasteiger charge is -2.43. The van der Waals surface area contributed by atoms with E-state index in [1.807, 2.05) is 13.8 Å². The average Bonchev–Trinajstić information content (AvgIpc) is 3.13. The summed E-state index contributed by atoms with van der Waals surface area (Å²) in [5, 5.41) is 20.6. The number of carbonyl (C=O) groups is 2. The van der Waals surface area contributed by atoms with Crippen LogP contribution in [0.15, 0.2) is 107 Å². The van der Waals surface area contributed by atoms with Gasteiger partial charge in [0.05, 0.1) is 4.92 Å². The summed E-state index contributed by atoms with van der Waals surface area (Å²) in [6.07, 6.45) is 3.97. The molecule has 0 aliphatic carbocycles. The first kappa shape index (κ1) is 36.1. The number of nitrogens with one attached hydrogen (secondary N) is 3. The lowest BCUT2D eigenvalue weighted by atomic mass is 9.68. The third-order valence-corrected chi connectivity index (χ3v) is 9.69. The van der Waals surface area contributed by atoms with Crippen molar-refractivity contribution in [3.8, 4) is 0 Å². The minimum Gasteiger partial charge on any atom is -0.361 e. The molecule has 1 fully saturated rings. The van der Waals surface area contributed by atoms with Crippen molar-refractivity contribution in [3.63, 3.8) is 0 Å². The first-order valence-electron chi connectivity index (χ1n) is 16.6. The highest BCUT2D eigenvalue weighted by Gasteiger charge is 2.39. The number of non-ortho nitro benzene ring substituents is 1. The van der Waals surface area contributed by atoms with Crippen molar-refractivity contribution in [1.82, 2.24) is 20.9 Å². The zero-order chi connectivity index (χ0) is 33.4. The van der Waals surface area contributed by atoms with Crippen LogP contribution >= 0.6 is 0 Å². The largest absolute Gasteiger partial charge is 0.361 e. The lowest BCUT2D eigenvalue weighted by molar-refractivity contribution is -0.384. The van der Waals surface area contributed by atoms with Crippen LogP contribution in [0.5, 0.6) is 0 Å². The maximum Gasteiger partial charge on any atom is 0.269 e. The molecule has 0 bridgehead atoms. The van der Waals surface area contributed by atoms with Gasteiger partial charge in [0.25, 0.3) is 5.69 Å². The van der Waals surface area contributed by atoms with Crippen LogP contribution in [0.3, 0.4) is 0 Å². The van der Waals surface area contributed by atoms with Crippen LogP contribution in [-0.4, -0.2) is 54.9 Å². The second kappa shape index (κ2) is 16.4. The summed E-state index contributed by atoms with van der Waals surface area (Å²) >= 11 is 0. The molecule has 5 rings (SSSR count). The molecule has 2 heterocycles. The summed E-state index contributed by atoms with van der Waals surface area (Å²) in [5.41, 5.74) is 5.76. The zero-order valence-electron chi connectivity index (χ0n) is 27.6. The molecule has 2 aliphatic rings. The Kier molecular flexibility index (Phi) is 12.3. The number of hydrogen-bond acceptors (Lipinski definition) is 6. The van der Waals surface area contributed by atoms with Crippen molar-refractivity contribution in [1.29, 1.82) is 0 Å². The maximum atomic E-state index is 13.9. The summed E-state index contributed by atoms with van der Waals surface area (Å²) in [5.74, 6) is -1.18. The van der Waals surface area contributed by atoms with Gasteiger partial charge in [0.2, 0.25) is 11.8 Å². The van der Waals surface area contributed by atoms with Crippen LogP contribution in [0.4, 0.5) is 5.69 Å². The molecule has 2 aliphatic heterocycles. The van der Waals surface area contributed by atoms with E-state index in [1.54, 1.807) is 19.2 Å². The molecule has 0 saturated carbocycles. The Morgan fingerprint density at radius 1 is 0.854 bits per heavy atom. The number of hydrogen-bond donors (Lipinski definition) is 3. The first-order valence-corrected chi connectivity index (χ1v) is 16.6. The fourth-order valence-corrected chi connectivity index (χ4v) is 7.18. The van der Waals surface area contributed by atoms with E-state index in [4.69, 9.17) is 0 Å². The Morgan fingerprint density at radius 3 is 1.85 bits per heavy atom. The van der Waals surface area contributed by atoms with E-state index >= 15 is 0 Å². The van der Waals surface area contributed by atoms with Crippen LogP contribution in [0, 0.1) is 10.1 Å². The minimum absolute atomic E-state index is 0. The van der Waals surface area contributed by atoms with Crippen LogP contribution < -0.4 is 16.0 Å². The summed E-state index contributed by atoms with van der Waals surface area (Å²) < 4.78 is 0. The van der Waals surface area contributed by atoms with Crippen molar-refractivity contribution in [3.05, 3.63) is 134 Å². The normalized spacial score (nSPS) is 17.6. The molecule has 254 valence electrons. The first-order chi connectivity index (χ1) is 22.8. The van der Waals surface area contributed by atoms with E-state index in [-0.39, 0.29) is 30.3 Å². The average molecular weight is 652 g/mol. The van der Waals surface area contributed by atoms with Crippen LogP contribution in [0.1, 0.15) is 76.0 Å². The van der Waals surface area contributed by atoms with Gasteiger partial charge in [-0.1, -0.05) is 94.1 Å². The number of nitro groups is 1. The van der Waals surface area contributed by atoms with Gasteiger partial charge in [-0.2, -0.15) is 0 Å². The van der Waals surface area contributed by atoms with Crippen molar-refractivity contribution in [2.24, 2.45) is 0 Å². The van der Waals surface area contributed by atoms with Gasteiger partial charge in [-0.3, -0.25) is 19.7 Å². The molecule has 1 saturated heterocycles. The van der Waals surface area contributed by atoms with E-state index < -0.39 is 10.8 Å². The monoisotopic (exact) mass is 651 g/mol. The number of likely N-dealkylation sites (N-methyl/N-ethyl adjacent to an activating group) is 1. The molecule has 9 heteroatoms. The van der Waals surface area contributed by atoms with E-state index in [0.29, 0.717) is 36.1 Å². The van der Waals surface area contributed by atoms with Crippen LogP contribution in [0.25, 0.3) is 0 Å².